The highest BCUT2D eigenvalue weighted by molar-refractivity contribution is 8.05. The molecule has 2 amide bonds. The number of rotatable bonds is 8. The van der Waals surface area contributed by atoms with Crippen molar-refractivity contribution in [1.82, 2.24) is 0 Å². The van der Waals surface area contributed by atoms with Crippen LogP contribution in [0.15, 0.2) is 83.4 Å². The lowest BCUT2D eigenvalue weighted by molar-refractivity contribution is -0.117. The van der Waals surface area contributed by atoms with Gasteiger partial charge in [0.2, 0.25) is 5.91 Å². The number of amides is 2. The Kier molecular flexibility index (Phi) is 8.94. The fourth-order valence-electron chi connectivity index (χ4n) is 4.01. The summed E-state index contributed by atoms with van der Waals surface area (Å²) >= 11 is 13.4. The molecule has 0 aromatic heterocycles. The van der Waals surface area contributed by atoms with E-state index in [0.29, 0.717) is 27.8 Å². The lowest BCUT2D eigenvalue weighted by Crippen LogP contribution is -2.30. The van der Waals surface area contributed by atoms with Gasteiger partial charge in [0, 0.05) is 10.7 Å². The number of para-hydroxylation sites is 1. The maximum atomic E-state index is 13.6. The van der Waals surface area contributed by atoms with Crippen molar-refractivity contribution in [3.05, 3.63) is 105 Å². The van der Waals surface area contributed by atoms with Crippen LogP contribution in [0.2, 0.25) is 10.0 Å². The predicted octanol–water partition coefficient (Wildman–Crippen LogP) is 7.40. The van der Waals surface area contributed by atoms with Gasteiger partial charge in [0.1, 0.15) is 16.7 Å². The molecule has 1 heterocycles. The van der Waals surface area contributed by atoms with Crippen LogP contribution in [-0.2, 0) is 22.4 Å². The summed E-state index contributed by atoms with van der Waals surface area (Å²) in [5.41, 5.74) is 3.05. The van der Waals surface area contributed by atoms with Gasteiger partial charge in [-0.05, 0) is 60.7 Å². The van der Waals surface area contributed by atoms with E-state index in [-0.39, 0.29) is 16.5 Å². The Morgan fingerprint density at radius 2 is 1.76 bits per heavy atom. The van der Waals surface area contributed by atoms with Gasteiger partial charge in [-0.3, -0.25) is 14.5 Å². The van der Waals surface area contributed by atoms with Gasteiger partial charge in [0.15, 0.2) is 0 Å². The minimum atomic E-state index is -0.649. The molecule has 1 aliphatic heterocycles. The van der Waals surface area contributed by atoms with Crippen LogP contribution >= 0.6 is 35.0 Å². The highest BCUT2D eigenvalue weighted by Crippen LogP contribution is 2.42. The maximum Gasteiger partial charge on any atom is 0.269 e. The summed E-state index contributed by atoms with van der Waals surface area (Å²) in [5.74, 6) is -0.824. The van der Waals surface area contributed by atoms with E-state index < -0.39 is 11.2 Å². The molecule has 1 atom stereocenters. The molecule has 1 aliphatic rings. The van der Waals surface area contributed by atoms with Crippen LogP contribution < -0.4 is 10.2 Å². The molecule has 1 saturated heterocycles. The summed E-state index contributed by atoms with van der Waals surface area (Å²) in [7, 11) is 0. The Hall–Kier alpha value is -3.24. The van der Waals surface area contributed by atoms with Gasteiger partial charge < -0.3 is 5.32 Å². The number of carbonyl (C=O) groups excluding carboxylic acids is 2. The molecule has 3 aromatic rings. The van der Waals surface area contributed by atoms with Gasteiger partial charge in [-0.2, -0.15) is 5.26 Å². The van der Waals surface area contributed by atoms with Crippen LogP contribution in [0.4, 0.5) is 11.4 Å². The number of anilines is 2. The molecule has 8 heteroatoms. The summed E-state index contributed by atoms with van der Waals surface area (Å²) in [6.07, 6.45) is 3.78. The molecule has 4 rings (SSSR count). The molecule has 0 bridgehead atoms. The smallest absolute Gasteiger partial charge is 0.269 e. The van der Waals surface area contributed by atoms with Gasteiger partial charge in [-0.15, -0.1) is 0 Å². The van der Waals surface area contributed by atoms with Crippen LogP contribution in [0, 0.1) is 11.3 Å². The number of hydrogen-bond donors (Lipinski definition) is 1. The van der Waals surface area contributed by atoms with Crippen molar-refractivity contribution in [1.29, 1.82) is 5.26 Å². The number of thioether (sulfide) groups is 1. The second-order valence-corrected chi connectivity index (χ2v) is 10.6. The van der Waals surface area contributed by atoms with E-state index in [1.807, 2.05) is 36.4 Å². The Bertz CT molecular complexity index is 1370. The standard InChI is InChI=1S/C29H25Cl2N3O2S/c1-2-3-7-19-10-12-20(13-11-19)16-26-28(36)34(22-8-5-4-6-9-22)29(37-26)23(18-32)27(35)33-25-15-14-21(30)17-24(25)31/h4-6,8-15,17,26H,2-3,7,16H2,1H3,(H,33,35). The minimum Gasteiger partial charge on any atom is -0.320 e. The summed E-state index contributed by atoms with van der Waals surface area (Å²) in [6.45, 7) is 2.17. The predicted molar refractivity (Wildman–Crippen MR) is 152 cm³/mol. The average Bonchev–Trinajstić information content (AvgIpc) is 3.21. The van der Waals surface area contributed by atoms with E-state index in [0.717, 1.165) is 24.8 Å². The molecule has 37 heavy (non-hydrogen) atoms. The topological polar surface area (TPSA) is 73.2 Å². The largest absolute Gasteiger partial charge is 0.320 e. The molecule has 1 fully saturated rings. The van der Waals surface area contributed by atoms with Gasteiger partial charge in [0.05, 0.1) is 16.0 Å². The molecule has 0 aliphatic carbocycles. The summed E-state index contributed by atoms with van der Waals surface area (Å²) in [5, 5.41) is 13.2. The Morgan fingerprint density at radius 1 is 1.05 bits per heavy atom. The third-order valence-electron chi connectivity index (χ3n) is 5.96. The third-order valence-corrected chi connectivity index (χ3v) is 7.77. The monoisotopic (exact) mass is 549 g/mol. The number of carbonyl (C=O) groups is 2. The van der Waals surface area contributed by atoms with Gasteiger partial charge in [-0.25, -0.2) is 0 Å². The molecule has 1 unspecified atom stereocenters. The quantitative estimate of drug-likeness (QED) is 0.234. The fourth-order valence-corrected chi connectivity index (χ4v) is 5.78. The number of benzene rings is 3. The molecule has 1 N–H and O–H groups in total. The van der Waals surface area contributed by atoms with Crippen molar-refractivity contribution >= 4 is 58.2 Å². The van der Waals surface area contributed by atoms with E-state index >= 15 is 0 Å². The number of nitriles is 1. The van der Waals surface area contributed by atoms with Crippen LogP contribution in [0.5, 0.6) is 0 Å². The molecule has 0 saturated carbocycles. The first-order valence-corrected chi connectivity index (χ1v) is 13.6. The molecule has 0 spiro atoms. The van der Waals surface area contributed by atoms with Crippen molar-refractivity contribution in [3.8, 4) is 6.07 Å². The van der Waals surface area contributed by atoms with Crippen LogP contribution in [-0.4, -0.2) is 17.1 Å². The van der Waals surface area contributed by atoms with Crippen molar-refractivity contribution in [2.75, 3.05) is 10.2 Å². The molecule has 3 aromatic carbocycles. The Labute approximate surface area is 231 Å². The first-order chi connectivity index (χ1) is 17.9. The zero-order valence-electron chi connectivity index (χ0n) is 20.2. The number of nitrogens with zero attached hydrogens (tertiary/aromatic N) is 2. The van der Waals surface area contributed by atoms with Crippen LogP contribution in [0.1, 0.15) is 30.9 Å². The second kappa shape index (κ2) is 12.3. The van der Waals surface area contributed by atoms with E-state index in [9.17, 15) is 14.9 Å². The molecular formula is C29H25Cl2N3O2S. The molecule has 5 nitrogen and oxygen atoms in total. The fraction of sp³-hybridized carbons (Fsp3) is 0.207. The number of unbranched alkanes of at least 4 members (excludes halogenated alkanes) is 1. The highest BCUT2D eigenvalue weighted by atomic mass is 35.5. The van der Waals surface area contributed by atoms with Crippen molar-refractivity contribution in [2.24, 2.45) is 0 Å². The summed E-state index contributed by atoms with van der Waals surface area (Å²) in [4.78, 5) is 28.3. The maximum absolute atomic E-state index is 13.6. The lowest BCUT2D eigenvalue weighted by atomic mass is 10.0. The van der Waals surface area contributed by atoms with Crippen LogP contribution in [0.3, 0.4) is 0 Å². The second-order valence-electron chi connectivity index (χ2n) is 8.61. The normalized spacial score (nSPS) is 16.4. The number of hydrogen-bond acceptors (Lipinski definition) is 4. The minimum absolute atomic E-state index is 0.161. The average molecular weight is 551 g/mol. The molecular weight excluding hydrogens is 525 g/mol. The third kappa shape index (κ3) is 6.37. The molecule has 0 radical (unpaired) electrons. The summed E-state index contributed by atoms with van der Waals surface area (Å²) < 4.78 is 0. The number of aryl methyl sites for hydroxylation is 1. The lowest BCUT2D eigenvalue weighted by Gasteiger charge is -2.18. The van der Waals surface area contributed by atoms with Crippen molar-refractivity contribution < 1.29 is 9.59 Å². The van der Waals surface area contributed by atoms with E-state index in [1.165, 1.54) is 28.3 Å². The molecule has 188 valence electrons. The number of halogens is 2. The first-order valence-electron chi connectivity index (χ1n) is 12.0. The van der Waals surface area contributed by atoms with Gasteiger partial charge in [0.25, 0.3) is 5.91 Å². The van der Waals surface area contributed by atoms with Crippen molar-refractivity contribution in [3.63, 3.8) is 0 Å². The van der Waals surface area contributed by atoms with Crippen LogP contribution in [0.25, 0.3) is 0 Å². The van der Waals surface area contributed by atoms with Gasteiger partial charge in [-0.1, -0.05) is 90.8 Å². The Morgan fingerprint density at radius 3 is 2.41 bits per heavy atom. The number of nitrogens with one attached hydrogen (secondary N) is 1. The van der Waals surface area contributed by atoms with Crippen molar-refractivity contribution in [2.45, 2.75) is 37.9 Å². The van der Waals surface area contributed by atoms with Gasteiger partial charge >= 0.3 is 0 Å². The van der Waals surface area contributed by atoms with E-state index in [1.54, 1.807) is 24.3 Å². The zero-order valence-corrected chi connectivity index (χ0v) is 22.5. The first kappa shape index (κ1) is 26.8. The summed E-state index contributed by atoms with van der Waals surface area (Å²) in [6, 6.07) is 24.0. The SMILES string of the molecule is CCCCc1ccc(CC2SC(=C(C#N)C(=O)Nc3ccc(Cl)cc3Cl)N(c3ccccc3)C2=O)cc1. The highest BCUT2D eigenvalue weighted by Gasteiger charge is 2.40. The zero-order chi connectivity index (χ0) is 26.4. The Balaban J connectivity index is 1.65. The van der Waals surface area contributed by atoms with E-state index in [2.05, 4.69) is 24.4 Å². The van der Waals surface area contributed by atoms with E-state index in [4.69, 9.17) is 23.2 Å².